The monoisotopic (exact) mass is 420 g/mol. The maximum Gasteiger partial charge on any atom is 0.417 e. The first-order chi connectivity index (χ1) is 14.3. The van der Waals surface area contributed by atoms with Crippen LogP contribution in [-0.4, -0.2) is 42.6 Å². The summed E-state index contributed by atoms with van der Waals surface area (Å²) in [5.74, 6) is 0.183. The topological polar surface area (TPSA) is 67.9 Å². The largest absolute Gasteiger partial charge is 0.454 e. The Morgan fingerprint density at radius 3 is 2.43 bits per heavy atom. The van der Waals surface area contributed by atoms with E-state index >= 15 is 0 Å². The average Bonchev–Trinajstić information content (AvgIpc) is 3.21. The number of fused-ring (bicyclic) bond motifs is 1. The smallest absolute Gasteiger partial charge is 0.417 e. The molecule has 9 heteroatoms. The molecular formula is C21H19F3N2O4. The Balaban J connectivity index is 1.36. The molecule has 6 nitrogen and oxygen atoms in total. The zero-order chi connectivity index (χ0) is 21.3. The lowest BCUT2D eigenvalue weighted by atomic mass is 10.0. The summed E-state index contributed by atoms with van der Waals surface area (Å²) in [7, 11) is 0. The Hall–Kier alpha value is -3.23. The minimum atomic E-state index is -4.60. The summed E-state index contributed by atoms with van der Waals surface area (Å²) >= 11 is 0. The van der Waals surface area contributed by atoms with Crippen molar-refractivity contribution < 1.29 is 32.2 Å². The number of hydrogen-bond donors (Lipinski definition) is 1. The predicted octanol–water partition coefficient (Wildman–Crippen LogP) is 3.47. The summed E-state index contributed by atoms with van der Waals surface area (Å²) in [5.41, 5.74) is -0.886. The first-order valence-corrected chi connectivity index (χ1v) is 9.49. The lowest BCUT2D eigenvalue weighted by Gasteiger charge is -2.32. The van der Waals surface area contributed by atoms with Crippen LogP contribution in [0.1, 0.15) is 39.1 Å². The van der Waals surface area contributed by atoms with E-state index in [4.69, 9.17) is 9.47 Å². The van der Waals surface area contributed by atoms with Crippen LogP contribution in [0.15, 0.2) is 42.5 Å². The van der Waals surface area contributed by atoms with Gasteiger partial charge in [0.1, 0.15) is 0 Å². The Morgan fingerprint density at radius 1 is 1.00 bits per heavy atom. The van der Waals surface area contributed by atoms with Crippen molar-refractivity contribution in [3.63, 3.8) is 0 Å². The molecule has 30 heavy (non-hydrogen) atoms. The third-order valence-corrected chi connectivity index (χ3v) is 5.21. The van der Waals surface area contributed by atoms with Crippen LogP contribution in [0.3, 0.4) is 0 Å². The van der Waals surface area contributed by atoms with Gasteiger partial charge < -0.3 is 19.7 Å². The fourth-order valence-corrected chi connectivity index (χ4v) is 3.63. The molecule has 0 spiro atoms. The van der Waals surface area contributed by atoms with E-state index in [1.165, 1.54) is 12.1 Å². The van der Waals surface area contributed by atoms with Crippen LogP contribution in [-0.2, 0) is 6.18 Å². The van der Waals surface area contributed by atoms with Crippen molar-refractivity contribution in [2.45, 2.75) is 25.1 Å². The molecular weight excluding hydrogens is 401 g/mol. The van der Waals surface area contributed by atoms with E-state index in [2.05, 4.69) is 5.32 Å². The Bertz CT molecular complexity index is 969. The van der Waals surface area contributed by atoms with E-state index in [1.54, 1.807) is 23.1 Å². The lowest BCUT2D eigenvalue weighted by molar-refractivity contribution is -0.137. The van der Waals surface area contributed by atoms with Crippen LogP contribution < -0.4 is 14.8 Å². The zero-order valence-corrected chi connectivity index (χ0v) is 15.9. The second-order valence-corrected chi connectivity index (χ2v) is 7.15. The highest BCUT2D eigenvalue weighted by Crippen LogP contribution is 2.33. The number of halogens is 3. The fourth-order valence-electron chi connectivity index (χ4n) is 3.63. The van der Waals surface area contributed by atoms with Gasteiger partial charge in [-0.15, -0.1) is 0 Å². The maximum atomic E-state index is 13.1. The molecule has 2 aromatic carbocycles. The number of benzene rings is 2. The number of hydrogen-bond acceptors (Lipinski definition) is 4. The molecule has 0 aromatic heterocycles. The number of nitrogens with zero attached hydrogens (tertiary/aromatic N) is 1. The third-order valence-electron chi connectivity index (χ3n) is 5.21. The minimum Gasteiger partial charge on any atom is -0.454 e. The predicted molar refractivity (Wildman–Crippen MR) is 100 cm³/mol. The first-order valence-electron chi connectivity index (χ1n) is 9.49. The van der Waals surface area contributed by atoms with Gasteiger partial charge in [-0.1, -0.05) is 12.1 Å². The van der Waals surface area contributed by atoms with E-state index in [1.807, 2.05) is 0 Å². The molecule has 158 valence electrons. The van der Waals surface area contributed by atoms with Gasteiger partial charge in [0.15, 0.2) is 11.5 Å². The van der Waals surface area contributed by atoms with Gasteiger partial charge in [0.05, 0.1) is 11.1 Å². The maximum absolute atomic E-state index is 13.1. The average molecular weight is 420 g/mol. The number of amides is 2. The van der Waals surface area contributed by atoms with Gasteiger partial charge in [0.25, 0.3) is 11.8 Å². The second-order valence-electron chi connectivity index (χ2n) is 7.15. The van der Waals surface area contributed by atoms with Gasteiger partial charge in [-0.25, -0.2) is 0 Å². The van der Waals surface area contributed by atoms with Crippen molar-refractivity contribution in [2.75, 3.05) is 19.9 Å². The van der Waals surface area contributed by atoms with Gasteiger partial charge in [0, 0.05) is 24.7 Å². The highest BCUT2D eigenvalue weighted by Gasteiger charge is 2.35. The molecule has 2 aliphatic heterocycles. The quantitative estimate of drug-likeness (QED) is 0.826. The summed E-state index contributed by atoms with van der Waals surface area (Å²) in [6.45, 7) is 0.897. The number of carbonyl (C=O) groups excluding carboxylic acids is 2. The number of piperidine rings is 1. The molecule has 0 saturated carbocycles. The van der Waals surface area contributed by atoms with Gasteiger partial charge in [-0.05, 0) is 43.2 Å². The van der Waals surface area contributed by atoms with Crippen molar-refractivity contribution in [2.24, 2.45) is 0 Å². The van der Waals surface area contributed by atoms with E-state index in [0.29, 0.717) is 43.0 Å². The molecule has 2 aliphatic rings. The van der Waals surface area contributed by atoms with Crippen molar-refractivity contribution in [3.05, 3.63) is 59.2 Å². The molecule has 1 saturated heterocycles. The Kier molecular flexibility index (Phi) is 5.27. The zero-order valence-electron chi connectivity index (χ0n) is 15.9. The van der Waals surface area contributed by atoms with E-state index in [0.717, 1.165) is 12.1 Å². The van der Waals surface area contributed by atoms with Gasteiger partial charge in [0.2, 0.25) is 6.79 Å². The Morgan fingerprint density at radius 2 is 1.70 bits per heavy atom. The van der Waals surface area contributed by atoms with Crippen molar-refractivity contribution >= 4 is 11.8 Å². The molecule has 1 fully saturated rings. The van der Waals surface area contributed by atoms with Crippen LogP contribution in [0.4, 0.5) is 13.2 Å². The molecule has 2 aromatic rings. The molecule has 1 N–H and O–H groups in total. The molecule has 0 aliphatic carbocycles. The molecule has 4 rings (SSSR count). The van der Waals surface area contributed by atoms with Crippen LogP contribution in [0.25, 0.3) is 0 Å². The molecule has 0 radical (unpaired) electrons. The summed E-state index contributed by atoms with van der Waals surface area (Å²) in [4.78, 5) is 26.8. The van der Waals surface area contributed by atoms with Crippen LogP contribution in [0, 0.1) is 0 Å². The van der Waals surface area contributed by atoms with Gasteiger partial charge >= 0.3 is 6.18 Å². The highest BCUT2D eigenvalue weighted by molar-refractivity contribution is 5.96. The number of nitrogens with one attached hydrogen (secondary N) is 1. The third kappa shape index (κ3) is 4.05. The van der Waals surface area contributed by atoms with Gasteiger partial charge in [-0.2, -0.15) is 13.2 Å². The molecule has 2 heterocycles. The second kappa shape index (κ2) is 7.89. The molecule has 0 bridgehead atoms. The normalized spacial score (nSPS) is 16.4. The van der Waals surface area contributed by atoms with Crippen molar-refractivity contribution in [3.8, 4) is 11.5 Å². The van der Waals surface area contributed by atoms with Crippen LogP contribution in [0.5, 0.6) is 11.5 Å². The Labute approximate surface area is 170 Å². The minimum absolute atomic E-state index is 0.121. The van der Waals surface area contributed by atoms with Crippen LogP contribution in [0.2, 0.25) is 0 Å². The summed E-state index contributed by atoms with van der Waals surface area (Å²) in [5, 5.41) is 2.67. The standard InChI is InChI=1S/C21H19F3N2O4/c22-21(23,24)16-4-2-1-3-15(16)19(27)25-14-7-9-26(10-8-14)20(28)13-5-6-17-18(11-13)30-12-29-17/h1-6,11,14H,7-10,12H2,(H,25,27). The van der Waals surface area contributed by atoms with Crippen molar-refractivity contribution in [1.82, 2.24) is 10.2 Å². The first kappa shape index (κ1) is 20.1. The number of ether oxygens (including phenoxy) is 2. The molecule has 0 unspecified atom stereocenters. The lowest BCUT2D eigenvalue weighted by Crippen LogP contribution is -2.46. The summed E-state index contributed by atoms with van der Waals surface area (Å²) < 4.78 is 49.9. The van der Waals surface area contributed by atoms with E-state index in [-0.39, 0.29) is 18.7 Å². The fraction of sp³-hybridized carbons (Fsp3) is 0.333. The van der Waals surface area contributed by atoms with E-state index in [9.17, 15) is 22.8 Å². The highest BCUT2D eigenvalue weighted by atomic mass is 19.4. The molecule has 2 amide bonds. The van der Waals surface area contributed by atoms with E-state index < -0.39 is 23.2 Å². The number of alkyl halides is 3. The number of rotatable bonds is 3. The molecule has 0 atom stereocenters. The van der Waals surface area contributed by atoms with Crippen molar-refractivity contribution in [1.29, 1.82) is 0 Å². The summed E-state index contributed by atoms with van der Waals surface area (Å²) in [6.07, 6.45) is -3.69. The summed E-state index contributed by atoms with van der Waals surface area (Å²) in [6, 6.07) is 9.37. The van der Waals surface area contributed by atoms with Crippen LogP contribution >= 0.6 is 0 Å². The van der Waals surface area contributed by atoms with Gasteiger partial charge in [-0.3, -0.25) is 9.59 Å². The number of carbonyl (C=O) groups is 2. The number of likely N-dealkylation sites (tertiary alicyclic amines) is 1. The SMILES string of the molecule is O=C(NC1CCN(C(=O)c2ccc3c(c2)OCO3)CC1)c1ccccc1C(F)(F)F.